The molecule has 1 aromatic carbocycles. The second-order valence-corrected chi connectivity index (χ2v) is 6.88. The van der Waals surface area contributed by atoms with Crippen LogP contribution in [0, 0.1) is 11.3 Å². The minimum atomic E-state index is -0.131. The minimum Gasteiger partial charge on any atom is -0.508 e. The highest BCUT2D eigenvalue weighted by Crippen LogP contribution is 2.56. The van der Waals surface area contributed by atoms with E-state index in [1.54, 1.807) is 12.1 Å². The number of aromatic hydroxyl groups is 1. The van der Waals surface area contributed by atoms with Gasteiger partial charge in [-0.05, 0) is 67.1 Å². The van der Waals surface area contributed by atoms with Gasteiger partial charge in [-0.2, -0.15) is 0 Å². The summed E-state index contributed by atoms with van der Waals surface area (Å²) in [6.45, 7) is 2.24. The number of aliphatic hydroxyl groups is 1. The number of hydrogen-bond acceptors (Lipinski definition) is 2. The van der Waals surface area contributed by atoms with Gasteiger partial charge in [-0.25, -0.2) is 0 Å². The third kappa shape index (κ3) is 2.15. The molecule has 3 rings (SSSR count). The lowest BCUT2D eigenvalue weighted by Crippen LogP contribution is -2.37. The standard InChI is InChI=1S/C16H21ClO2/c1-16-7-6-10(8-11(16)2-5-15(16)19)13-4-3-12(18)9-14(13)17/h3-4,9-11,15,18-19H,2,5-8H2,1H3/t10-,11?,15-,16-/m0/s1. The Bertz CT molecular complexity index is 488. The van der Waals surface area contributed by atoms with Crippen LogP contribution in [0.1, 0.15) is 50.5 Å². The van der Waals surface area contributed by atoms with Gasteiger partial charge in [0.15, 0.2) is 0 Å². The number of phenolic OH excluding ortho intramolecular Hbond substituents is 1. The molecule has 0 aliphatic heterocycles. The maximum atomic E-state index is 10.2. The lowest BCUT2D eigenvalue weighted by atomic mass is 9.64. The number of rotatable bonds is 1. The fraction of sp³-hybridized carbons (Fsp3) is 0.625. The van der Waals surface area contributed by atoms with Crippen molar-refractivity contribution in [3.05, 3.63) is 28.8 Å². The molecule has 0 saturated heterocycles. The van der Waals surface area contributed by atoms with Gasteiger partial charge >= 0.3 is 0 Å². The van der Waals surface area contributed by atoms with Crippen LogP contribution < -0.4 is 0 Å². The number of halogens is 1. The summed E-state index contributed by atoms with van der Waals surface area (Å²) in [5.74, 6) is 1.30. The first-order valence-electron chi connectivity index (χ1n) is 7.17. The number of phenols is 1. The highest BCUT2D eigenvalue weighted by Gasteiger charge is 2.49. The van der Waals surface area contributed by atoms with E-state index in [2.05, 4.69) is 6.92 Å². The van der Waals surface area contributed by atoms with Gasteiger partial charge < -0.3 is 10.2 Å². The topological polar surface area (TPSA) is 40.5 Å². The van der Waals surface area contributed by atoms with Crippen molar-refractivity contribution in [3.63, 3.8) is 0 Å². The Morgan fingerprint density at radius 2 is 2.05 bits per heavy atom. The van der Waals surface area contributed by atoms with E-state index in [0.29, 0.717) is 16.9 Å². The van der Waals surface area contributed by atoms with Crippen LogP contribution in [-0.2, 0) is 0 Å². The van der Waals surface area contributed by atoms with Crippen molar-refractivity contribution in [1.29, 1.82) is 0 Å². The number of benzene rings is 1. The first-order chi connectivity index (χ1) is 9.00. The molecule has 0 heterocycles. The summed E-state index contributed by atoms with van der Waals surface area (Å²) in [6.07, 6.45) is 5.20. The fourth-order valence-electron chi connectivity index (χ4n) is 4.12. The van der Waals surface area contributed by atoms with Gasteiger partial charge in [-0.15, -0.1) is 0 Å². The monoisotopic (exact) mass is 280 g/mol. The average Bonchev–Trinajstić information content (AvgIpc) is 2.66. The number of hydrogen-bond donors (Lipinski definition) is 2. The third-order valence-corrected chi connectivity index (χ3v) is 5.83. The van der Waals surface area contributed by atoms with Crippen molar-refractivity contribution in [2.24, 2.45) is 11.3 Å². The Hall–Kier alpha value is -0.730. The molecule has 2 N–H and O–H groups in total. The lowest BCUT2D eigenvalue weighted by Gasteiger charge is -2.42. The van der Waals surface area contributed by atoms with Gasteiger partial charge in [0, 0.05) is 5.02 Å². The highest BCUT2D eigenvalue weighted by molar-refractivity contribution is 6.31. The summed E-state index contributed by atoms with van der Waals surface area (Å²) < 4.78 is 0. The van der Waals surface area contributed by atoms with E-state index in [4.69, 9.17) is 11.6 Å². The molecule has 1 unspecified atom stereocenters. The second kappa shape index (κ2) is 4.68. The molecule has 0 amide bonds. The summed E-state index contributed by atoms with van der Waals surface area (Å²) in [4.78, 5) is 0. The molecule has 2 fully saturated rings. The van der Waals surface area contributed by atoms with Gasteiger partial charge in [-0.3, -0.25) is 0 Å². The Kier molecular flexibility index (Phi) is 3.26. The van der Waals surface area contributed by atoms with Crippen molar-refractivity contribution < 1.29 is 10.2 Å². The SMILES string of the molecule is C[C@]12CC[C@H](c3ccc(O)cc3Cl)CC1CC[C@@H]2O. The zero-order valence-corrected chi connectivity index (χ0v) is 12.0. The summed E-state index contributed by atoms with van der Waals surface area (Å²) in [5.41, 5.74) is 1.27. The first-order valence-corrected chi connectivity index (χ1v) is 7.55. The van der Waals surface area contributed by atoms with E-state index >= 15 is 0 Å². The Morgan fingerprint density at radius 1 is 1.26 bits per heavy atom. The minimum absolute atomic E-state index is 0.111. The molecular weight excluding hydrogens is 260 g/mol. The molecule has 4 atom stereocenters. The van der Waals surface area contributed by atoms with Crippen molar-refractivity contribution in [3.8, 4) is 5.75 Å². The summed E-state index contributed by atoms with van der Waals surface area (Å²) in [5, 5.41) is 20.3. The van der Waals surface area contributed by atoms with Gasteiger partial charge in [0.2, 0.25) is 0 Å². The van der Waals surface area contributed by atoms with Crippen LogP contribution in [0.25, 0.3) is 0 Å². The molecule has 0 radical (unpaired) electrons. The summed E-state index contributed by atoms with van der Waals surface area (Å²) >= 11 is 6.26. The molecule has 2 aliphatic rings. The van der Waals surface area contributed by atoms with E-state index in [0.717, 1.165) is 37.7 Å². The van der Waals surface area contributed by atoms with Crippen molar-refractivity contribution in [1.82, 2.24) is 0 Å². The molecule has 19 heavy (non-hydrogen) atoms. The maximum Gasteiger partial charge on any atom is 0.117 e. The molecule has 0 aromatic heterocycles. The molecule has 0 spiro atoms. The van der Waals surface area contributed by atoms with E-state index in [1.165, 1.54) is 0 Å². The largest absolute Gasteiger partial charge is 0.508 e. The average molecular weight is 281 g/mol. The number of fused-ring (bicyclic) bond motifs is 1. The predicted octanol–water partition coefficient (Wildman–Crippen LogP) is 4.09. The first kappa shape index (κ1) is 13.3. The van der Waals surface area contributed by atoms with Crippen LogP contribution in [0.4, 0.5) is 0 Å². The maximum absolute atomic E-state index is 10.2. The van der Waals surface area contributed by atoms with Crippen LogP contribution in [0.2, 0.25) is 5.02 Å². The molecule has 2 saturated carbocycles. The molecule has 104 valence electrons. The normalized spacial score (nSPS) is 38.2. The smallest absolute Gasteiger partial charge is 0.117 e. The van der Waals surface area contributed by atoms with E-state index in [9.17, 15) is 10.2 Å². The third-order valence-electron chi connectivity index (χ3n) is 5.51. The fourth-order valence-corrected chi connectivity index (χ4v) is 4.45. The lowest BCUT2D eigenvalue weighted by molar-refractivity contribution is 0.00872. The molecule has 1 aromatic rings. The molecule has 2 aliphatic carbocycles. The zero-order chi connectivity index (χ0) is 13.6. The highest BCUT2D eigenvalue weighted by atomic mass is 35.5. The van der Waals surface area contributed by atoms with Crippen LogP contribution >= 0.6 is 11.6 Å². The second-order valence-electron chi connectivity index (χ2n) is 6.47. The van der Waals surface area contributed by atoms with Crippen LogP contribution in [0.5, 0.6) is 5.75 Å². The molecule has 2 nitrogen and oxygen atoms in total. The van der Waals surface area contributed by atoms with Crippen molar-refractivity contribution >= 4 is 11.6 Å². The Morgan fingerprint density at radius 3 is 2.79 bits per heavy atom. The Balaban J connectivity index is 1.82. The van der Waals surface area contributed by atoms with Crippen molar-refractivity contribution in [2.75, 3.05) is 0 Å². The van der Waals surface area contributed by atoms with Crippen molar-refractivity contribution in [2.45, 2.75) is 51.0 Å². The van der Waals surface area contributed by atoms with Gasteiger partial charge in [0.1, 0.15) is 5.75 Å². The Labute approximate surface area is 119 Å². The number of aliphatic hydroxyl groups excluding tert-OH is 1. The van der Waals surface area contributed by atoms with Crippen LogP contribution in [-0.4, -0.2) is 16.3 Å². The molecule has 3 heteroatoms. The molecule has 0 bridgehead atoms. The summed E-state index contributed by atoms with van der Waals surface area (Å²) in [6, 6.07) is 5.31. The van der Waals surface area contributed by atoms with Gasteiger partial charge in [0.05, 0.1) is 6.10 Å². The predicted molar refractivity (Wildman–Crippen MR) is 76.5 cm³/mol. The van der Waals surface area contributed by atoms with E-state index in [1.807, 2.05) is 6.07 Å². The van der Waals surface area contributed by atoms with Gasteiger partial charge in [0.25, 0.3) is 0 Å². The van der Waals surface area contributed by atoms with Crippen LogP contribution in [0.3, 0.4) is 0 Å². The summed E-state index contributed by atoms with van der Waals surface area (Å²) in [7, 11) is 0. The van der Waals surface area contributed by atoms with Gasteiger partial charge in [-0.1, -0.05) is 24.6 Å². The van der Waals surface area contributed by atoms with Crippen LogP contribution in [0.15, 0.2) is 18.2 Å². The van der Waals surface area contributed by atoms with E-state index < -0.39 is 0 Å². The molecular formula is C16H21ClO2. The quantitative estimate of drug-likeness (QED) is 0.813. The van der Waals surface area contributed by atoms with E-state index in [-0.39, 0.29) is 17.3 Å². The zero-order valence-electron chi connectivity index (χ0n) is 11.3.